The van der Waals surface area contributed by atoms with Gasteiger partial charge in [-0.25, -0.2) is 9.59 Å². The van der Waals surface area contributed by atoms with E-state index in [9.17, 15) is 19.8 Å². The second-order valence-corrected chi connectivity index (χ2v) is 14.4. The lowest BCUT2D eigenvalue weighted by atomic mass is 10.0. The van der Waals surface area contributed by atoms with Crippen LogP contribution in [-0.2, 0) is 28.4 Å². The summed E-state index contributed by atoms with van der Waals surface area (Å²) in [4.78, 5) is 26.6. The standard InChI is InChI=1S/C39H73NO10/c1-4-7-10-12-14-16-18-20-23-32(41)28-40(29-33(42)24-21-19-17-15-13-11-8-5-2)25-22-27-46-39(44)50-35-31-48-36-34(30-47-37(35)36)49-38(43)45-26-9-6-3/h32-37,41-42H,4-31H2,1-3H3. The van der Waals surface area contributed by atoms with Gasteiger partial charge in [0.25, 0.3) is 0 Å². The highest BCUT2D eigenvalue weighted by atomic mass is 16.8. The Balaban J connectivity index is 1.71. The van der Waals surface area contributed by atoms with Crippen LogP contribution in [0.15, 0.2) is 0 Å². The van der Waals surface area contributed by atoms with Gasteiger partial charge in [0.05, 0.1) is 38.6 Å². The lowest BCUT2D eigenvalue weighted by Crippen LogP contribution is -2.39. The van der Waals surface area contributed by atoms with E-state index in [0.717, 1.165) is 51.4 Å². The van der Waals surface area contributed by atoms with Crippen molar-refractivity contribution in [3.63, 3.8) is 0 Å². The van der Waals surface area contributed by atoms with Crippen LogP contribution in [-0.4, -0.2) is 110 Å². The van der Waals surface area contributed by atoms with Crippen LogP contribution in [0.5, 0.6) is 0 Å². The number of carbonyl (C=O) groups is 2. The highest BCUT2D eigenvalue weighted by molar-refractivity contribution is 5.61. The van der Waals surface area contributed by atoms with Crippen LogP contribution in [0.25, 0.3) is 0 Å². The quantitative estimate of drug-likeness (QED) is 0.0533. The zero-order chi connectivity index (χ0) is 36.2. The van der Waals surface area contributed by atoms with Gasteiger partial charge in [0, 0.05) is 19.6 Å². The van der Waals surface area contributed by atoms with Crippen molar-refractivity contribution < 1.29 is 48.2 Å². The van der Waals surface area contributed by atoms with E-state index in [2.05, 4.69) is 18.7 Å². The highest BCUT2D eigenvalue weighted by Crippen LogP contribution is 2.31. The summed E-state index contributed by atoms with van der Waals surface area (Å²) in [5, 5.41) is 21.7. The Morgan fingerprint density at radius 2 is 0.960 bits per heavy atom. The molecule has 0 spiro atoms. The molecule has 2 saturated heterocycles. The van der Waals surface area contributed by atoms with E-state index in [1.807, 2.05) is 6.92 Å². The zero-order valence-electron chi connectivity index (χ0n) is 31.9. The molecule has 0 saturated carbocycles. The minimum Gasteiger partial charge on any atom is -0.434 e. The van der Waals surface area contributed by atoms with E-state index in [-0.39, 0.29) is 19.8 Å². The predicted octanol–water partition coefficient (Wildman–Crippen LogP) is 8.10. The van der Waals surface area contributed by atoms with Crippen molar-refractivity contribution in [2.45, 2.75) is 192 Å². The molecule has 2 rings (SSSR count). The molecule has 0 aromatic carbocycles. The molecule has 0 amide bonds. The summed E-state index contributed by atoms with van der Waals surface area (Å²) in [6.45, 7) is 8.75. The smallest absolute Gasteiger partial charge is 0.434 e. The van der Waals surface area contributed by atoms with Crippen molar-refractivity contribution in [1.29, 1.82) is 0 Å². The molecule has 0 bridgehead atoms. The molecule has 6 atom stereocenters. The first-order chi connectivity index (χ1) is 24.4. The third-order valence-electron chi connectivity index (χ3n) is 9.73. The first kappa shape index (κ1) is 44.5. The molecule has 6 unspecified atom stereocenters. The average molecular weight is 716 g/mol. The summed E-state index contributed by atoms with van der Waals surface area (Å²) in [5.74, 6) is 0. The van der Waals surface area contributed by atoms with Gasteiger partial charge in [-0.3, -0.25) is 4.90 Å². The van der Waals surface area contributed by atoms with E-state index < -0.39 is 48.9 Å². The topological polar surface area (TPSA) is 133 Å². The number of aliphatic hydroxyl groups excluding tert-OH is 2. The van der Waals surface area contributed by atoms with Gasteiger partial charge in [-0.2, -0.15) is 0 Å². The number of carbonyl (C=O) groups excluding carboxylic acids is 2. The Bertz CT molecular complexity index is 820. The number of unbranched alkanes of at least 4 members (excludes halogenated alkanes) is 15. The molecule has 2 fully saturated rings. The molecule has 2 heterocycles. The van der Waals surface area contributed by atoms with Gasteiger partial charge in [-0.05, 0) is 25.7 Å². The fourth-order valence-electron chi connectivity index (χ4n) is 6.75. The highest BCUT2D eigenvalue weighted by Gasteiger charge is 2.51. The molecule has 2 aliphatic rings. The van der Waals surface area contributed by atoms with Gasteiger partial charge in [-0.15, -0.1) is 0 Å². The molecule has 294 valence electrons. The Hall–Kier alpha value is -1.66. The molecule has 11 heteroatoms. The molecule has 0 aliphatic carbocycles. The van der Waals surface area contributed by atoms with Crippen LogP contribution in [0.2, 0.25) is 0 Å². The fourth-order valence-corrected chi connectivity index (χ4v) is 6.75. The summed E-state index contributed by atoms with van der Waals surface area (Å²) >= 11 is 0. The molecule has 0 aromatic heterocycles. The molecule has 50 heavy (non-hydrogen) atoms. The van der Waals surface area contributed by atoms with E-state index in [0.29, 0.717) is 32.7 Å². The number of hydrogen-bond donors (Lipinski definition) is 2. The first-order valence-electron chi connectivity index (χ1n) is 20.4. The Morgan fingerprint density at radius 1 is 0.580 bits per heavy atom. The number of nitrogens with zero attached hydrogens (tertiary/aromatic N) is 1. The van der Waals surface area contributed by atoms with E-state index in [1.165, 1.54) is 77.0 Å². The van der Waals surface area contributed by atoms with Gasteiger partial charge in [0.2, 0.25) is 0 Å². The third-order valence-corrected chi connectivity index (χ3v) is 9.73. The minimum atomic E-state index is -0.804. The van der Waals surface area contributed by atoms with Crippen LogP contribution in [0.4, 0.5) is 9.59 Å². The molecule has 2 N–H and O–H groups in total. The van der Waals surface area contributed by atoms with Crippen molar-refractivity contribution in [3.05, 3.63) is 0 Å². The van der Waals surface area contributed by atoms with Crippen molar-refractivity contribution in [3.8, 4) is 0 Å². The van der Waals surface area contributed by atoms with Crippen molar-refractivity contribution in [1.82, 2.24) is 4.90 Å². The molecular weight excluding hydrogens is 642 g/mol. The van der Waals surface area contributed by atoms with Crippen LogP contribution >= 0.6 is 0 Å². The normalized spacial score (nSPS) is 21.2. The summed E-state index contributed by atoms with van der Waals surface area (Å²) in [5.41, 5.74) is 0. The lowest BCUT2D eigenvalue weighted by molar-refractivity contribution is -0.0425. The van der Waals surface area contributed by atoms with Gasteiger partial charge in [0.15, 0.2) is 12.2 Å². The number of aliphatic hydroxyl groups is 2. The summed E-state index contributed by atoms with van der Waals surface area (Å²) in [6.07, 6.45) is 18.5. The zero-order valence-corrected chi connectivity index (χ0v) is 31.9. The largest absolute Gasteiger partial charge is 0.508 e. The second-order valence-electron chi connectivity index (χ2n) is 14.4. The number of ether oxygens (including phenoxy) is 6. The molecule has 2 aliphatic heterocycles. The van der Waals surface area contributed by atoms with Crippen LogP contribution in [0.3, 0.4) is 0 Å². The maximum Gasteiger partial charge on any atom is 0.508 e. The van der Waals surface area contributed by atoms with Crippen molar-refractivity contribution in [2.24, 2.45) is 0 Å². The maximum atomic E-state index is 12.5. The first-order valence-corrected chi connectivity index (χ1v) is 20.4. The summed E-state index contributed by atoms with van der Waals surface area (Å²) < 4.78 is 32.8. The minimum absolute atomic E-state index is 0.121. The summed E-state index contributed by atoms with van der Waals surface area (Å²) in [7, 11) is 0. The molecule has 0 aromatic rings. The molecule has 0 radical (unpaired) electrons. The number of rotatable bonds is 31. The monoisotopic (exact) mass is 716 g/mol. The van der Waals surface area contributed by atoms with Crippen LogP contribution in [0, 0.1) is 0 Å². The van der Waals surface area contributed by atoms with Crippen LogP contribution in [0.1, 0.15) is 156 Å². The molecule has 11 nitrogen and oxygen atoms in total. The van der Waals surface area contributed by atoms with Crippen LogP contribution < -0.4 is 0 Å². The van der Waals surface area contributed by atoms with Crippen molar-refractivity contribution >= 4 is 12.3 Å². The van der Waals surface area contributed by atoms with Crippen molar-refractivity contribution in [2.75, 3.05) is 46.1 Å². The number of fused-ring (bicyclic) bond motifs is 1. The Labute approximate surface area is 303 Å². The predicted molar refractivity (Wildman–Crippen MR) is 194 cm³/mol. The van der Waals surface area contributed by atoms with E-state index >= 15 is 0 Å². The second kappa shape index (κ2) is 28.9. The fraction of sp³-hybridized carbons (Fsp3) is 0.949. The number of hydrogen-bond acceptors (Lipinski definition) is 11. The Morgan fingerprint density at radius 3 is 1.38 bits per heavy atom. The van der Waals surface area contributed by atoms with Gasteiger partial charge in [0.1, 0.15) is 12.2 Å². The third kappa shape index (κ3) is 20.4. The van der Waals surface area contributed by atoms with E-state index in [1.54, 1.807) is 0 Å². The van der Waals surface area contributed by atoms with E-state index in [4.69, 9.17) is 28.4 Å². The summed E-state index contributed by atoms with van der Waals surface area (Å²) in [6, 6.07) is 0. The van der Waals surface area contributed by atoms with Gasteiger partial charge < -0.3 is 38.6 Å². The maximum absolute atomic E-state index is 12.5. The Kier molecular flexibility index (Phi) is 25.7. The molecular formula is C39H73NO10. The van der Waals surface area contributed by atoms with Gasteiger partial charge in [-0.1, -0.05) is 130 Å². The SMILES string of the molecule is CCCCCCCCCCC(O)CN(CCCOC(=O)OC1COC2C(OC(=O)OCCCC)COC12)CC(O)CCCCCCCCCC. The lowest BCUT2D eigenvalue weighted by Gasteiger charge is -2.27. The van der Waals surface area contributed by atoms with Gasteiger partial charge >= 0.3 is 12.3 Å². The average Bonchev–Trinajstić information content (AvgIpc) is 3.68.